The number of carbonyl (C=O) groups is 2. The minimum atomic E-state index is -1.23. The monoisotopic (exact) mass is 400 g/mol. The Hall–Kier alpha value is -1.04. The van der Waals surface area contributed by atoms with Crippen LogP contribution in [0.1, 0.15) is 60.2 Å². The molecule has 1 aromatic rings. The van der Waals surface area contributed by atoms with Gasteiger partial charge < -0.3 is 10.2 Å². The molecule has 116 valence electrons. The van der Waals surface area contributed by atoms with E-state index in [0.29, 0.717) is 0 Å². The van der Waals surface area contributed by atoms with Crippen molar-refractivity contribution in [3.8, 4) is 0 Å². The fourth-order valence-corrected chi connectivity index (χ4v) is 5.74. The van der Waals surface area contributed by atoms with E-state index >= 15 is 0 Å². The summed E-state index contributed by atoms with van der Waals surface area (Å²) in [5.74, 6) is -2.46. The summed E-state index contributed by atoms with van der Waals surface area (Å²) in [6.07, 6.45) is 5.84. The minimum absolute atomic E-state index is 0.149. The van der Waals surface area contributed by atoms with Gasteiger partial charge in [0.15, 0.2) is 0 Å². The van der Waals surface area contributed by atoms with Crippen LogP contribution in [0.5, 0.6) is 0 Å². The summed E-state index contributed by atoms with van der Waals surface area (Å²) in [7, 11) is 0. The van der Waals surface area contributed by atoms with Crippen molar-refractivity contribution >= 4 is 33.1 Å². The fraction of sp³-hybridized carbons (Fsp3) is 0.500. The summed E-state index contributed by atoms with van der Waals surface area (Å²) in [6.45, 7) is 4.58. The molecule has 0 aliphatic rings. The number of carboxylic acid groups (broad SMARTS) is 2. The Kier molecular flexibility index (Phi) is 12.1. The van der Waals surface area contributed by atoms with Crippen LogP contribution < -0.4 is 0 Å². The Labute approximate surface area is 136 Å². The van der Waals surface area contributed by atoms with Crippen LogP contribution in [0.15, 0.2) is 24.3 Å². The van der Waals surface area contributed by atoms with Gasteiger partial charge in [-0.15, -0.1) is 0 Å². The maximum atomic E-state index is 10.5. The molecule has 2 N–H and O–H groups in total. The van der Waals surface area contributed by atoms with Gasteiger partial charge in [0, 0.05) is 0 Å². The van der Waals surface area contributed by atoms with Crippen molar-refractivity contribution in [2.24, 2.45) is 0 Å². The molecular formula is C16H24O4Sn. The second-order valence-corrected chi connectivity index (χ2v) is 8.89. The molecule has 0 spiro atoms. The zero-order valence-electron chi connectivity index (χ0n) is 12.8. The molecule has 0 atom stereocenters. The van der Waals surface area contributed by atoms with Gasteiger partial charge in [0.1, 0.15) is 0 Å². The van der Waals surface area contributed by atoms with Crippen LogP contribution in [0.4, 0.5) is 0 Å². The second-order valence-electron chi connectivity index (χ2n) is 4.61. The van der Waals surface area contributed by atoms with E-state index in [1.54, 1.807) is 8.87 Å². The summed E-state index contributed by atoms with van der Waals surface area (Å²) in [5.41, 5.74) is -0.380. The molecule has 21 heavy (non-hydrogen) atoms. The van der Waals surface area contributed by atoms with Crippen LogP contribution in [-0.4, -0.2) is 43.3 Å². The Morgan fingerprint density at radius 2 is 1.29 bits per heavy atom. The number of benzene rings is 1. The third-order valence-corrected chi connectivity index (χ3v) is 6.84. The van der Waals surface area contributed by atoms with Gasteiger partial charge in [-0.3, -0.25) is 0 Å². The molecule has 1 aromatic carbocycles. The first-order valence-corrected chi connectivity index (χ1v) is 11.3. The van der Waals surface area contributed by atoms with Gasteiger partial charge in [-0.25, -0.2) is 9.59 Å². The molecule has 2 radical (unpaired) electrons. The van der Waals surface area contributed by atoms with Crippen molar-refractivity contribution in [1.82, 2.24) is 0 Å². The Morgan fingerprint density at radius 1 is 0.905 bits per heavy atom. The van der Waals surface area contributed by atoms with Crippen molar-refractivity contribution in [3.63, 3.8) is 0 Å². The van der Waals surface area contributed by atoms with Crippen LogP contribution >= 0.6 is 0 Å². The maximum absolute atomic E-state index is 10.5. The first-order chi connectivity index (χ1) is 10.0. The predicted octanol–water partition coefficient (Wildman–Crippen LogP) is 4.21. The van der Waals surface area contributed by atoms with E-state index in [1.807, 2.05) is 0 Å². The number of aromatic carboxylic acids is 2. The zero-order valence-corrected chi connectivity index (χ0v) is 15.6. The van der Waals surface area contributed by atoms with Crippen LogP contribution in [0.25, 0.3) is 0 Å². The van der Waals surface area contributed by atoms with Crippen molar-refractivity contribution in [1.29, 1.82) is 0 Å². The third-order valence-electron chi connectivity index (χ3n) is 2.80. The summed E-state index contributed by atoms with van der Waals surface area (Å²) in [5, 5.41) is 17.1. The molecule has 0 fully saturated rings. The molecule has 0 unspecified atom stereocenters. The molecule has 0 saturated heterocycles. The van der Waals surface area contributed by atoms with E-state index in [2.05, 4.69) is 13.8 Å². The Balaban J connectivity index is 0.000000400. The van der Waals surface area contributed by atoms with Crippen molar-refractivity contribution in [2.45, 2.75) is 48.4 Å². The number of hydrogen-bond donors (Lipinski definition) is 2. The summed E-state index contributed by atoms with van der Waals surface area (Å²) in [6, 6.07) is 5.48. The topological polar surface area (TPSA) is 74.6 Å². The van der Waals surface area contributed by atoms with E-state index in [-0.39, 0.29) is 32.3 Å². The average molecular weight is 399 g/mol. The van der Waals surface area contributed by atoms with Crippen LogP contribution in [-0.2, 0) is 0 Å². The van der Waals surface area contributed by atoms with Crippen molar-refractivity contribution < 1.29 is 19.8 Å². The molecule has 4 nitrogen and oxygen atoms in total. The molecule has 0 aliphatic carbocycles. The quantitative estimate of drug-likeness (QED) is 0.508. The first-order valence-electron chi connectivity index (χ1n) is 7.30. The molecule has 0 heterocycles. The predicted molar refractivity (Wildman–Crippen MR) is 85.5 cm³/mol. The molecule has 0 bridgehead atoms. The standard InChI is InChI=1S/C8H6O4.2C4H9.Sn/c9-7(10)5-3-1-2-4-6(5)8(11)12;2*1-3-4-2;/h1-4H,(H,9,10)(H,11,12);2*1,3-4H2,2H3;. The average Bonchev–Trinajstić information content (AvgIpc) is 2.48. The van der Waals surface area contributed by atoms with E-state index in [1.165, 1.54) is 49.9 Å². The molecule has 0 amide bonds. The summed E-state index contributed by atoms with van der Waals surface area (Å²) >= 11 is 0.149. The van der Waals surface area contributed by atoms with Gasteiger partial charge in [-0.1, -0.05) is 12.1 Å². The van der Waals surface area contributed by atoms with Gasteiger partial charge in [-0.2, -0.15) is 0 Å². The first kappa shape index (κ1) is 20.0. The molecular weight excluding hydrogens is 375 g/mol. The smallest absolute Gasteiger partial charge is 0.336 e. The molecule has 0 aliphatic heterocycles. The van der Waals surface area contributed by atoms with E-state index in [9.17, 15) is 9.59 Å². The normalized spacial score (nSPS) is 9.62. The Morgan fingerprint density at radius 3 is 1.57 bits per heavy atom. The van der Waals surface area contributed by atoms with Crippen LogP contribution in [0.3, 0.4) is 0 Å². The SMILES string of the molecule is CCC[CH2][Sn][CH2]CCC.O=C(O)c1ccccc1C(=O)O. The van der Waals surface area contributed by atoms with Gasteiger partial charge in [0.25, 0.3) is 0 Å². The number of carboxylic acids is 2. The maximum Gasteiger partial charge on any atom is 0.336 e. The van der Waals surface area contributed by atoms with Gasteiger partial charge in [-0.05, 0) is 12.1 Å². The Bertz CT molecular complexity index is 393. The van der Waals surface area contributed by atoms with Crippen LogP contribution in [0, 0.1) is 0 Å². The zero-order chi connectivity index (χ0) is 16.1. The largest absolute Gasteiger partial charge is 0.478 e. The number of hydrogen-bond acceptors (Lipinski definition) is 2. The van der Waals surface area contributed by atoms with Crippen LogP contribution in [0.2, 0.25) is 8.87 Å². The van der Waals surface area contributed by atoms with E-state index in [4.69, 9.17) is 10.2 Å². The molecule has 0 aromatic heterocycles. The van der Waals surface area contributed by atoms with E-state index in [0.717, 1.165) is 0 Å². The molecule has 0 saturated carbocycles. The molecule has 1 rings (SSSR count). The van der Waals surface area contributed by atoms with Gasteiger partial charge >= 0.3 is 81.5 Å². The summed E-state index contributed by atoms with van der Waals surface area (Å²) < 4.78 is 3.25. The van der Waals surface area contributed by atoms with Gasteiger partial charge in [0.2, 0.25) is 0 Å². The fourth-order valence-electron chi connectivity index (χ4n) is 1.58. The van der Waals surface area contributed by atoms with E-state index < -0.39 is 11.9 Å². The number of unbranched alkanes of at least 4 members (excludes halogenated alkanes) is 2. The van der Waals surface area contributed by atoms with Crippen molar-refractivity contribution in [2.75, 3.05) is 0 Å². The molecule has 5 heteroatoms. The van der Waals surface area contributed by atoms with Gasteiger partial charge in [0.05, 0.1) is 11.1 Å². The third kappa shape index (κ3) is 9.50. The summed E-state index contributed by atoms with van der Waals surface area (Å²) in [4.78, 5) is 20.9. The second kappa shape index (κ2) is 12.7. The number of rotatable bonds is 8. The van der Waals surface area contributed by atoms with Crippen molar-refractivity contribution in [3.05, 3.63) is 35.4 Å². The minimum Gasteiger partial charge on any atom is -0.478 e.